The molecule has 0 amide bonds. The summed E-state index contributed by atoms with van der Waals surface area (Å²) in [4.78, 5) is 2.73. The first-order chi connectivity index (χ1) is 9.06. The minimum absolute atomic E-state index is 0.291. The molecule has 2 nitrogen and oxygen atoms in total. The Morgan fingerprint density at radius 1 is 1.00 bits per heavy atom. The van der Waals surface area contributed by atoms with Gasteiger partial charge in [-0.15, -0.1) is 0 Å². The topological polar surface area (TPSA) is 15.3 Å². The number of nitrogens with one attached hydrogen (secondary N) is 1. The minimum Gasteiger partial charge on any atom is -0.312 e. The van der Waals surface area contributed by atoms with E-state index in [1.54, 1.807) is 0 Å². The van der Waals surface area contributed by atoms with E-state index < -0.39 is 0 Å². The maximum atomic E-state index is 3.78. The quantitative estimate of drug-likeness (QED) is 0.714. The van der Waals surface area contributed by atoms with Crippen LogP contribution in [0.25, 0.3) is 0 Å². The molecule has 1 unspecified atom stereocenters. The van der Waals surface area contributed by atoms with Crippen molar-refractivity contribution in [2.45, 2.75) is 84.7 Å². The van der Waals surface area contributed by atoms with Crippen LogP contribution in [0, 0.1) is 5.92 Å². The Morgan fingerprint density at radius 2 is 1.58 bits per heavy atom. The van der Waals surface area contributed by atoms with Crippen LogP contribution in [0.4, 0.5) is 0 Å². The van der Waals surface area contributed by atoms with E-state index in [4.69, 9.17) is 0 Å². The molecule has 0 aromatic heterocycles. The summed E-state index contributed by atoms with van der Waals surface area (Å²) in [6.07, 6.45) is 8.14. The fourth-order valence-corrected chi connectivity index (χ4v) is 3.51. The molecule has 1 atom stereocenters. The van der Waals surface area contributed by atoms with Crippen LogP contribution >= 0.6 is 0 Å². The Morgan fingerprint density at radius 3 is 2.05 bits per heavy atom. The monoisotopic (exact) mass is 268 g/mol. The molecule has 0 radical (unpaired) electrons. The molecule has 0 saturated carbocycles. The third kappa shape index (κ3) is 4.75. The smallest absolute Gasteiger partial charge is 0.0306 e. The van der Waals surface area contributed by atoms with Gasteiger partial charge < -0.3 is 5.32 Å². The van der Waals surface area contributed by atoms with Crippen molar-refractivity contribution in [1.29, 1.82) is 0 Å². The molecule has 2 heteroatoms. The van der Waals surface area contributed by atoms with Gasteiger partial charge in [-0.2, -0.15) is 0 Å². The fourth-order valence-electron chi connectivity index (χ4n) is 3.51. The Balaban J connectivity index is 2.70. The number of rotatable bonds is 8. The van der Waals surface area contributed by atoms with Gasteiger partial charge in [0.1, 0.15) is 0 Å². The van der Waals surface area contributed by atoms with Gasteiger partial charge in [0, 0.05) is 11.6 Å². The van der Waals surface area contributed by atoms with Crippen LogP contribution < -0.4 is 5.32 Å². The van der Waals surface area contributed by atoms with Crippen molar-refractivity contribution in [2.24, 2.45) is 5.92 Å². The highest BCUT2D eigenvalue weighted by atomic mass is 15.2. The van der Waals surface area contributed by atoms with Crippen LogP contribution in [-0.2, 0) is 0 Å². The van der Waals surface area contributed by atoms with Crippen LogP contribution in [0.2, 0.25) is 0 Å². The van der Waals surface area contributed by atoms with Crippen molar-refractivity contribution in [2.75, 3.05) is 19.6 Å². The molecule has 1 N–H and O–H groups in total. The lowest BCUT2D eigenvalue weighted by molar-refractivity contribution is 0.0524. The van der Waals surface area contributed by atoms with Gasteiger partial charge in [-0.05, 0) is 58.7 Å². The zero-order valence-corrected chi connectivity index (χ0v) is 14.0. The van der Waals surface area contributed by atoms with E-state index in [9.17, 15) is 0 Å². The predicted molar refractivity (Wildman–Crippen MR) is 85.7 cm³/mol. The minimum atomic E-state index is 0.291. The van der Waals surface area contributed by atoms with E-state index in [0.29, 0.717) is 11.6 Å². The maximum absolute atomic E-state index is 3.78. The van der Waals surface area contributed by atoms with Crippen LogP contribution in [0.15, 0.2) is 0 Å². The summed E-state index contributed by atoms with van der Waals surface area (Å²) in [5.41, 5.74) is 0.291. The summed E-state index contributed by atoms with van der Waals surface area (Å²) < 4.78 is 0. The van der Waals surface area contributed by atoms with Crippen molar-refractivity contribution in [3.63, 3.8) is 0 Å². The van der Waals surface area contributed by atoms with Gasteiger partial charge in [0.2, 0.25) is 0 Å². The Labute approximate surface area is 121 Å². The van der Waals surface area contributed by atoms with Gasteiger partial charge in [0.25, 0.3) is 0 Å². The number of likely N-dealkylation sites (tertiary alicyclic amines) is 1. The Hall–Kier alpha value is -0.0800. The van der Waals surface area contributed by atoms with E-state index in [2.05, 4.69) is 44.8 Å². The molecule has 0 spiro atoms. The van der Waals surface area contributed by atoms with Crippen molar-refractivity contribution < 1.29 is 0 Å². The van der Waals surface area contributed by atoms with Gasteiger partial charge in [0.05, 0.1) is 0 Å². The second-order valence-electron chi connectivity index (χ2n) is 6.73. The van der Waals surface area contributed by atoms with Crippen molar-refractivity contribution in [3.05, 3.63) is 0 Å². The lowest BCUT2D eigenvalue weighted by Crippen LogP contribution is -2.59. The first kappa shape index (κ1) is 17.0. The third-order valence-corrected chi connectivity index (χ3v) is 5.20. The number of hydrogen-bond donors (Lipinski definition) is 1. The Kier molecular flexibility index (Phi) is 7.38. The van der Waals surface area contributed by atoms with Crippen molar-refractivity contribution in [1.82, 2.24) is 10.2 Å². The van der Waals surface area contributed by atoms with Gasteiger partial charge in [-0.1, -0.05) is 40.0 Å². The van der Waals surface area contributed by atoms with Crippen LogP contribution in [0.5, 0.6) is 0 Å². The largest absolute Gasteiger partial charge is 0.312 e. The zero-order chi connectivity index (χ0) is 14.3. The average molecular weight is 268 g/mol. The van der Waals surface area contributed by atoms with Crippen LogP contribution in [0.1, 0.15) is 73.1 Å². The molecular formula is C17H36N2. The van der Waals surface area contributed by atoms with Gasteiger partial charge in [0.15, 0.2) is 0 Å². The molecule has 1 rings (SSSR count). The lowest BCUT2D eigenvalue weighted by Gasteiger charge is -2.47. The Bertz CT molecular complexity index is 227. The molecule has 1 saturated heterocycles. The number of hydrogen-bond acceptors (Lipinski definition) is 2. The molecule has 19 heavy (non-hydrogen) atoms. The first-order valence-corrected chi connectivity index (χ1v) is 8.54. The third-order valence-electron chi connectivity index (χ3n) is 5.20. The standard InChI is InChI=1S/C17H36N2/c1-6-15(7-2)14-16(18-8-3)17(4,5)19-12-10-9-11-13-19/h15-16,18H,6-14H2,1-5H3. The van der Waals surface area contributed by atoms with E-state index in [1.807, 2.05) is 0 Å². The summed E-state index contributed by atoms with van der Waals surface area (Å²) in [7, 11) is 0. The van der Waals surface area contributed by atoms with Crippen LogP contribution in [0.3, 0.4) is 0 Å². The second kappa shape index (κ2) is 8.26. The fraction of sp³-hybridized carbons (Fsp3) is 1.00. The second-order valence-corrected chi connectivity index (χ2v) is 6.73. The highest BCUT2D eigenvalue weighted by Gasteiger charge is 2.36. The van der Waals surface area contributed by atoms with Gasteiger partial charge in [-0.3, -0.25) is 4.90 Å². The SMILES string of the molecule is CCNC(CC(CC)CC)C(C)(C)N1CCCCC1. The molecule has 1 aliphatic rings. The highest BCUT2D eigenvalue weighted by Crippen LogP contribution is 2.28. The van der Waals surface area contributed by atoms with Crippen LogP contribution in [-0.4, -0.2) is 36.1 Å². The molecule has 1 fully saturated rings. The molecule has 1 aliphatic heterocycles. The maximum Gasteiger partial charge on any atom is 0.0306 e. The highest BCUT2D eigenvalue weighted by molar-refractivity contribution is 4.95. The molecule has 0 bridgehead atoms. The van der Waals surface area contributed by atoms with Crippen molar-refractivity contribution in [3.8, 4) is 0 Å². The zero-order valence-electron chi connectivity index (χ0n) is 14.0. The number of nitrogens with zero attached hydrogens (tertiary/aromatic N) is 1. The molecule has 114 valence electrons. The molecule has 0 aliphatic carbocycles. The summed E-state index contributed by atoms with van der Waals surface area (Å²) >= 11 is 0. The van der Waals surface area contributed by atoms with Gasteiger partial charge >= 0.3 is 0 Å². The number of piperidine rings is 1. The molecule has 0 aromatic rings. The molecule has 1 heterocycles. The number of likely N-dealkylation sites (N-methyl/N-ethyl adjacent to an activating group) is 1. The van der Waals surface area contributed by atoms with E-state index >= 15 is 0 Å². The van der Waals surface area contributed by atoms with E-state index in [1.165, 1.54) is 51.6 Å². The van der Waals surface area contributed by atoms with Gasteiger partial charge in [-0.25, -0.2) is 0 Å². The molecular weight excluding hydrogens is 232 g/mol. The summed E-state index contributed by atoms with van der Waals surface area (Å²) in [6, 6.07) is 0.625. The van der Waals surface area contributed by atoms with Crippen molar-refractivity contribution >= 4 is 0 Å². The van der Waals surface area contributed by atoms with E-state index in [-0.39, 0.29) is 0 Å². The average Bonchev–Trinajstić information content (AvgIpc) is 2.44. The first-order valence-electron chi connectivity index (χ1n) is 8.54. The lowest BCUT2D eigenvalue weighted by atomic mass is 9.82. The summed E-state index contributed by atoms with van der Waals surface area (Å²) in [5.74, 6) is 0.869. The molecule has 0 aromatic carbocycles. The normalized spacial score (nSPS) is 19.9. The predicted octanol–water partition coefficient (Wildman–Crippen LogP) is 4.06. The summed E-state index contributed by atoms with van der Waals surface area (Å²) in [5, 5.41) is 3.78. The van der Waals surface area contributed by atoms with E-state index in [0.717, 1.165) is 12.5 Å². The summed E-state index contributed by atoms with van der Waals surface area (Å²) in [6.45, 7) is 15.5.